The third kappa shape index (κ3) is 3.23. The molecule has 2 aromatic rings. The van der Waals surface area contributed by atoms with Gasteiger partial charge in [0.05, 0.1) is 12.1 Å². The van der Waals surface area contributed by atoms with Crippen LogP contribution < -0.4 is 11.1 Å². The zero-order chi connectivity index (χ0) is 15.5. The Labute approximate surface area is 133 Å². The molecule has 2 aromatic heterocycles. The zero-order valence-corrected chi connectivity index (χ0v) is 13.5. The van der Waals surface area contributed by atoms with Crippen LogP contribution in [0.15, 0.2) is 21.2 Å². The number of hydrogen-bond donors (Lipinski definition) is 2. The zero-order valence-electron chi connectivity index (χ0n) is 12.7. The lowest BCUT2D eigenvalue weighted by molar-refractivity contribution is -0.121. The summed E-state index contributed by atoms with van der Waals surface area (Å²) in [5.74, 6) is 1.70. The van der Waals surface area contributed by atoms with Crippen LogP contribution in [0.5, 0.6) is 0 Å². The van der Waals surface area contributed by atoms with Gasteiger partial charge in [-0.25, -0.2) is 4.98 Å². The molecule has 0 radical (unpaired) electrons. The Bertz CT molecular complexity index is 636. The van der Waals surface area contributed by atoms with Gasteiger partial charge in [-0.15, -0.1) is 0 Å². The van der Waals surface area contributed by atoms with E-state index in [9.17, 15) is 4.79 Å². The van der Waals surface area contributed by atoms with Crippen LogP contribution >= 0.6 is 11.3 Å². The van der Waals surface area contributed by atoms with Gasteiger partial charge >= 0.3 is 0 Å². The predicted octanol–water partition coefficient (Wildman–Crippen LogP) is 2.50. The molecule has 6 heteroatoms. The molecule has 0 bridgehead atoms. The Morgan fingerprint density at radius 2 is 2.41 bits per heavy atom. The summed E-state index contributed by atoms with van der Waals surface area (Å²) in [6, 6.07) is 2.17. The van der Waals surface area contributed by atoms with Gasteiger partial charge in [0.15, 0.2) is 0 Å². The number of nitrogens with zero attached hydrogens (tertiary/aromatic N) is 1. The van der Waals surface area contributed by atoms with Gasteiger partial charge in [-0.1, -0.05) is 6.42 Å². The topological polar surface area (TPSA) is 81.2 Å². The normalized spacial score (nSPS) is 21.2. The van der Waals surface area contributed by atoms with E-state index in [1.54, 1.807) is 11.3 Å². The second-order valence-electron chi connectivity index (χ2n) is 5.81. The van der Waals surface area contributed by atoms with Crippen LogP contribution in [-0.2, 0) is 11.2 Å². The Kier molecular flexibility index (Phi) is 4.59. The molecule has 3 rings (SSSR count). The van der Waals surface area contributed by atoms with Crippen molar-refractivity contribution in [3.05, 3.63) is 28.3 Å². The molecule has 1 aliphatic rings. The first-order valence-corrected chi connectivity index (χ1v) is 8.60. The fraction of sp³-hybridized carbons (Fsp3) is 0.500. The molecule has 2 heterocycles. The van der Waals surface area contributed by atoms with Crippen molar-refractivity contribution in [1.29, 1.82) is 0 Å². The number of aryl methyl sites for hydroxylation is 1. The summed E-state index contributed by atoms with van der Waals surface area (Å²) >= 11 is 1.60. The van der Waals surface area contributed by atoms with Gasteiger partial charge in [-0.3, -0.25) is 4.79 Å². The van der Waals surface area contributed by atoms with Gasteiger partial charge in [0, 0.05) is 17.0 Å². The lowest BCUT2D eigenvalue weighted by Crippen LogP contribution is -2.40. The van der Waals surface area contributed by atoms with Crippen molar-refractivity contribution in [1.82, 2.24) is 10.3 Å². The SMILES string of the molecule is Cc1oc(-c2ccsc2)nc1CC(=O)NC1CCCC1CN. The van der Waals surface area contributed by atoms with Gasteiger partial charge in [0.1, 0.15) is 5.76 Å². The Hall–Kier alpha value is -1.66. The Morgan fingerprint density at radius 3 is 3.14 bits per heavy atom. The van der Waals surface area contributed by atoms with Crippen molar-refractivity contribution < 1.29 is 9.21 Å². The molecular formula is C16H21N3O2S. The molecule has 0 aromatic carbocycles. The molecule has 1 fully saturated rings. The number of oxazole rings is 1. The molecule has 118 valence electrons. The van der Waals surface area contributed by atoms with Gasteiger partial charge in [-0.05, 0) is 43.7 Å². The van der Waals surface area contributed by atoms with Crippen LogP contribution in [0.1, 0.15) is 30.7 Å². The summed E-state index contributed by atoms with van der Waals surface area (Å²) in [6.07, 6.45) is 3.52. The number of carbonyl (C=O) groups is 1. The molecule has 2 unspecified atom stereocenters. The highest BCUT2D eigenvalue weighted by molar-refractivity contribution is 7.08. The average Bonchev–Trinajstić information content (AvgIpc) is 3.21. The molecular weight excluding hydrogens is 298 g/mol. The molecule has 1 amide bonds. The van der Waals surface area contributed by atoms with E-state index >= 15 is 0 Å². The minimum atomic E-state index is -0.00128. The van der Waals surface area contributed by atoms with Crippen molar-refractivity contribution in [2.24, 2.45) is 11.7 Å². The number of nitrogens with one attached hydrogen (secondary N) is 1. The van der Waals surface area contributed by atoms with E-state index in [2.05, 4.69) is 10.3 Å². The van der Waals surface area contributed by atoms with E-state index in [1.165, 1.54) is 0 Å². The summed E-state index contributed by atoms with van der Waals surface area (Å²) in [7, 11) is 0. The van der Waals surface area contributed by atoms with Crippen LogP contribution in [0.4, 0.5) is 0 Å². The first-order valence-electron chi connectivity index (χ1n) is 7.65. The summed E-state index contributed by atoms with van der Waals surface area (Å²) in [4.78, 5) is 16.7. The highest BCUT2D eigenvalue weighted by Gasteiger charge is 2.27. The van der Waals surface area contributed by atoms with Crippen molar-refractivity contribution in [2.75, 3.05) is 6.54 Å². The van der Waals surface area contributed by atoms with Crippen LogP contribution in [0.3, 0.4) is 0 Å². The van der Waals surface area contributed by atoms with E-state index in [0.29, 0.717) is 29.8 Å². The van der Waals surface area contributed by atoms with Crippen molar-refractivity contribution in [2.45, 2.75) is 38.6 Å². The minimum Gasteiger partial charge on any atom is -0.441 e. The van der Waals surface area contributed by atoms with E-state index in [1.807, 2.05) is 23.8 Å². The minimum absolute atomic E-state index is 0.00128. The van der Waals surface area contributed by atoms with Gasteiger partial charge in [0.2, 0.25) is 11.8 Å². The maximum absolute atomic E-state index is 12.2. The number of hydrogen-bond acceptors (Lipinski definition) is 5. The van der Waals surface area contributed by atoms with Crippen LogP contribution in [0, 0.1) is 12.8 Å². The molecule has 1 aliphatic carbocycles. The Morgan fingerprint density at radius 1 is 1.55 bits per heavy atom. The smallest absolute Gasteiger partial charge is 0.227 e. The van der Waals surface area contributed by atoms with E-state index in [0.717, 1.165) is 24.8 Å². The summed E-state index contributed by atoms with van der Waals surface area (Å²) in [5, 5.41) is 7.07. The number of rotatable bonds is 5. The lowest BCUT2D eigenvalue weighted by atomic mass is 10.0. The lowest BCUT2D eigenvalue weighted by Gasteiger charge is -2.19. The molecule has 0 saturated heterocycles. The number of nitrogens with two attached hydrogens (primary N) is 1. The van der Waals surface area contributed by atoms with Gasteiger partial charge < -0.3 is 15.5 Å². The molecule has 22 heavy (non-hydrogen) atoms. The van der Waals surface area contributed by atoms with E-state index in [-0.39, 0.29) is 18.4 Å². The molecule has 2 atom stereocenters. The fourth-order valence-corrected chi connectivity index (χ4v) is 3.65. The van der Waals surface area contributed by atoms with E-state index < -0.39 is 0 Å². The second kappa shape index (κ2) is 6.62. The molecule has 1 saturated carbocycles. The van der Waals surface area contributed by atoms with Crippen LogP contribution in [0.2, 0.25) is 0 Å². The van der Waals surface area contributed by atoms with Crippen molar-refractivity contribution >= 4 is 17.2 Å². The number of aromatic nitrogens is 1. The molecule has 3 N–H and O–H groups in total. The third-order valence-electron chi connectivity index (χ3n) is 4.30. The number of amides is 1. The standard InChI is InChI=1S/C16H21N3O2S/c1-10-14(19-16(21-10)12-5-6-22-9-12)7-15(20)18-13-4-2-3-11(13)8-17/h5-6,9,11,13H,2-4,7-8,17H2,1H3,(H,18,20). The summed E-state index contributed by atoms with van der Waals surface area (Å²) < 4.78 is 5.67. The van der Waals surface area contributed by atoms with Crippen molar-refractivity contribution in [3.8, 4) is 11.5 Å². The fourth-order valence-electron chi connectivity index (χ4n) is 3.02. The number of carbonyl (C=O) groups excluding carboxylic acids is 1. The molecule has 0 aliphatic heterocycles. The largest absolute Gasteiger partial charge is 0.441 e. The summed E-state index contributed by atoms with van der Waals surface area (Å²) in [6.45, 7) is 2.49. The van der Waals surface area contributed by atoms with E-state index in [4.69, 9.17) is 10.2 Å². The predicted molar refractivity (Wildman–Crippen MR) is 86.6 cm³/mol. The monoisotopic (exact) mass is 319 g/mol. The quantitative estimate of drug-likeness (QED) is 0.887. The number of thiophene rings is 1. The first kappa shape index (κ1) is 15.2. The maximum Gasteiger partial charge on any atom is 0.227 e. The molecule has 5 nitrogen and oxygen atoms in total. The highest BCUT2D eigenvalue weighted by Crippen LogP contribution is 2.26. The highest BCUT2D eigenvalue weighted by atomic mass is 32.1. The van der Waals surface area contributed by atoms with Crippen molar-refractivity contribution in [3.63, 3.8) is 0 Å². The van der Waals surface area contributed by atoms with Gasteiger partial charge in [0.25, 0.3) is 0 Å². The van der Waals surface area contributed by atoms with Crippen LogP contribution in [-0.4, -0.2) is 23.5 Å². The molecule has 0 spiro atoms. The Balaban J connectivity index is 1.64. The van der Waals surface area contributed by atoms with Crippen LogP contribution in [0.25, 0.3) is 11.5 Å². The maximum atomic E-state index is 12.2. The average molecular weight is 319 g/mol. The van der Waals surface area contributed by atoms with Gasteiger partial charge in [-0.2, -0.15) is 11.3 Å². The summed E-state index contributed by atoms with van der Waals surface area (Å²) in [5.41, 5.74) is 7.42. The first-order chi connectivity index (χ1) is 10.7. The second-order valence-corrected chi connectivity index (χ2v) is 6.59. The third-order valence-corrected chi connectivity index (χ3v) is 4.98.